The maximum atomic E-state index is 11.8. The first kappa shape index (κ1) is 13.9. The Bertz CT molecular complexity index is 419. The predicted molar refractivity (Wildman–Crippen MR) is 57.6 cm³/mol. The summed E-state index contributed by atoms with van der Waals surface area (Å²) in [6.45, 7) is -0.126. The SMILES string of the molecule is COC(=O)C1CC(=O)NN(S(=O)(=O)N(C)C)C1. The molecule has 0 radical (unpaired) electrons. The topological polar surface area (TPSA) is 96.0 Å². The third-order valence-electron chi connectivity index (χ3n) is 2.34. The van der Waals surface area contributed by atoms with Gasteiger partial charge in [0.05, 0.1) is 13.0 Å². The molecule has 0 aromatic rings. The van der Waals surface area contributed by atoms with E-state index >= 15 is 0 Å². The second-order valence-corrected chi connectivity index (χ2v) is 5.85. The number of hydrazine groups is 1. The number of esters is 1. The first-order valence-corrected chi connectivity index (χ1v) is 6.26. The summed E-state index contributed by atoms with van der Waals surface area (Å²) in [5.74, 6) is -1.90. The van der Waals surface area contributed by atoms with E-state index in [0.717, 1.165) is 8.72 Å². The van der Waals surface area contributed by atoms with Gasteiger partial charge in [0, 0.05) is 27.1 Å². The van der Waals surface area contributed by atoms with Crippen molar-refractivity contribution in [1.82, 2.24) is 14.1 Å². The van der Waals surface area contributed by atoms with Gasteiger partial charge in [-0.2, -0.15) is 12.7 Å². The minimum Gasteiger partial charge on any atom is -0.469 e. The number of carbonyl (C=O) groups excluding carboxylic acids is 2. The van der Waals surface area contributed by atoms with Gasteiger partial charge < -0.3 is 4.74 Å². The highest BCUT2D eigenvalue weighted by Crippen LogP contribution is 2.16. The zero-order valence-electron chi connectivity index (χ0n) is 9.84. The van der Waals surface area contributed by atoms with Crippen LogP contribution in [0, 0.1) is 5.92 Å². The largest absolute Gasteiger partial charge is 0.469 e. The number of hydrogen-bond donors (Lipinski definition) is 1. The highest BCUT2D eigenvalue weighted by Gasteiger charge is 2.37. The monoisotopic (exact) mass is 265 g/mol. The van der Waals surface area contributed by atoms with Crippen LogP contribution in [0.2, 0.25) is 0 Å². The Balaban J connectivity index is 2.90. The van der Waals surface area contributed by atoms with Gasteiger partial charge in [-0.3, -0.25) is 15.0 Å². The molecule has 1 aliphatic heterocycles. The molecule has 1 saturated heterocycles. The number of rotatable bonds is 3. The fraction of sp³-hybridized carbons (Fsp3) is 0.750. The molecule has 1 fully saturated rings. The molecular weight excluding hydrogens is 250 g/mol. The van der Waals surface area contributed by atoms with Crippen LogP contribution in [0.25, 0.3) is 0 Å². The second kappa shape index (κ2) is 4.98. The van der Waals surface area contributed by atoms with E-state index in [2.05, 4.69) is 10.2 Å². The minimum atomic E-state index is -3.78. The number of amides is 1. The van der Waals surface area contributed by atoms with Gasteiger partial charge in [0.1, 0.15) is 0 Å². The maximum absolute atomic E-state index is 11.8. The number of hydrogen-bond acceptors (Lipinski definition) is 5. The van der Waals surface area contributed by atoms with E-state index in [-0.39, 0.29) is 13.0 Å². The summed E-state index contributed by atoms with van der Waals surface area (Å²) in [6.07, 6.45) is -0.0773. The van der Waals surface area contributed by atoms with Crippen molar-refractivity contribution < 1.29 is 22.7 Å². The third kappa shape index (κ3) is 2.93. The number of methoxy groups -OCH3 is 1. The van der Waals surface area contributed by atoms with Crippen molar-refractivity contribution in [2.24, 2.45) is 5.92 Å². The Labute approximate surface area is 99.7 Å². The molecule has 1 N–H and O–H groups in total. The van der Waals surface area contributed by atoms with Crippen LogP contribution in [0.15, 0.2) is 0 Å². The van der Waals surface area contributed by atoms with Crippen LogP contribution in [0.1, 0.15) is 6.42 Å². The molecule has 1 rings (SSSR count). The lowest BCUT2D eigenvalue weighted by Gasteiger charge is -2.32. The molecule has 0 aromatic heterocycles. The summed E-state index contributed by atoms with van der Waals surface area (Å²) >= 11 is 0. The van der Waals surface area contributed by atoms with Gasteiger partial charge in [0.15, 0.2) is 0 Å². The van der Waals surface area contributed by atoms with E-state index in [0.29, 0.717) is 0 Å². The average Bonchev–Trinajstić information content (AvgIpc) is 2.26. The number of ether oxygens (including phenoxy) is 1. The molecule has 0 aromatic carbocycles. The molecule has 98 valence electrons. The van der Waals surface area contributed by atoms with Crippen molar-refractivity contribution in [1.29, 1.82) is 0 Å². The van der Waals surface area contributed by atoms with Crippen LogP contribution < -0.4 is 5.43 Å². The first-order valence-electron chi connectivity index (χ1n) is 4.86. The van der Waals surface area contributed by atoms with Crippen molar-refractivity contribution in [2.75, 3.05) is 27.7 Å². The van der Waals surface area contributed by atoms with Gasteiger partial charge in [-0.15, -0.1) is 0 Å². The summed E-state index contributed by atoms with van der Waals surface area (Å²) < 4.78 is 29.8. The van der Waals surface area contributed by atoms with Gasteiger partial charge in [-0.1, -0.05) is 4.41 Å². The molecule has 0 bridgehead atoms. The molecule has 9 heteroatoms. The molecule has 1 heterocycles. The van der Waals surface area contributed by atoms with Crippen molar-refractivity contribution >= 4 is 22.1 Å². The Morgan fingerprint density at radius 2 is 2.12 bits per heavy atom. The predicted octanol–water partition coefficient (Wildman–Crippen LogP) is -1.68. The molecule has 0 saturated carbocycles. The van der Waals surface area contributed by atoms with Gasteiger partial charge >= 0.3 is 5.97 Å². The zero-order chi connectivity index (χ0) is 13.2. The van der Waals surface area contributed by atoms with E-state index < -0.39 is 28.0 Å². The summed E-state index contributed by atoms with van der Waals surface area (Å²) in [7, 11) is 0.0866. The van der Waals surface area contributed by atoms with Crippen molar-refractivity contribution in [3.05, 3.63) is 0 Å². The van der Waals surface area contributed by atoms with E-state index in [9.17, 15) is 18.0 Å². The average molecular weight is 265 g/mol. The van der Waals surface area contributed by atoms with Crippen LogP contribution in [0.4, 0.5) is 0 Å². The normalized spacial score (nSPS) is 22.4. The van der Waals surface area contributed by atoms with Crippen LogP contribution in [0.5, 0.6) is 0 Å². The quantitative estimate of drug-likeness (QED) is 0.615. The molecule has 0 spiro atoms. The zero-order valence-corrected chi connectivity index (χ0v) is 10.7. The van der Waals surface area contributed by atoms with Crippen LogP contribution in [-0.2, 0) is 24.5 Å². The molecule has 1 atom stereocenters. The fourth-order valence-corrected chi connectivity index (χ4v) is 2.37. The van der Waals surface area contributed by atoms with Crippen molar-refractivity contribution in [3.63, 3.8) is 0 Å². The number of carbonyl (C=O) groups is 2. The maximum Gasteiger partial charge on any atom is 0.310 e. The van der Waals surface area contributed by atoms with Crippen molar-refractivity contribution in [2.45, 2.75) is 6.42 Å². The Hall–Kier alpha value is -1.19. The first-order chi connectivity index (χ1) is 7.78. The molecule has 0 aliphatic carbocycles. The summed E-state index contributed by atoms with van der Waals surface area (Å²) in [6, 6.07) is 0. The Morgan fingerprint density at radius 3 is 2.59 bits per heavy atom. The van der Waals surface area contributed by atoms with Crippen LogP contribution in [-0.4, -0.2) is 56.8 Å². The fourth-order valence-electron chi connectivity index (χ4n) is 1.39. The van der Waals surface area contributed by atoms with E-state index in [1.165, 1.54) is 21.2 Å². The highest BCUT2D eigenvalue weighted by atomic mass is 32.2. The van der Waals surface area contributed by atoms with Crippen LogP contribution >= 0.6 is 0 Å². The van der Waals surface area contributed by atoms with Crippen molar-refractivity contribution in [3.8, 4) is 0 Å². The van der Waals surface area contributed by atoms with E-state index in [1.807, 2.05) is 0 Å². The summed E-state index contributed by atoms with van der Waals surface area (Å²) in [5, 5.41) is 0. The smallest absolute Gasteiger partial charge is 0.310 e. The van der Waals surface area contributed by atoms with Crippen LogP contribution in [0.3, 0.4) is 0 Å². The molecule has 1 amide bonds. The lowest BCUT2D eigenvalue weighted by Crippen LogP contribution is -2.57. The molecule has 1 unspecified atom stereocenters. The lowest BCUT2D eigenvalue weighted by molar-refractivity contribution is -0.150. The highest BCUT2D eigenvalue weighted by molar-refractivity contribution is 7.86. The van der Waals surface area contributed by atoms with Gasteiger partial charge in [-0.05, 0) is 0 Å². The molecule has 1 aliphatic rings. The second-order valence-electron chi connectivity index (χ2n) is 3.78. The third-order valence-corrected chi connectivity index (χ3v) is 4.06. The molecule has 8 nitrogen and oxygen atoms in total. The Kier molecular flexibility index (Phi) is 4.07. The summed E-state index contributed by atoms with van der Waals surface area (Å²) in [4.78, 5) is 22.6. The van der Waals surface area contributed by atoms with Gasteiger partial charge in [0.25, 0.3) is 10.2 Å². The van der Waals surface area contributed by atoms with E-state index in [4.69, 9.17) is 0 Å². The minimum absolute atomic E-state index is 0.0773. The lowest BCUT2D eigenvalue weighted by atomic mass is 10.0. The number of nitrogens with zero attached hydrogens (tertiary/aromatic N) is 2. The van der Waals surface area contributed by atoms with Gasteiger partial charge in [0.2, 0.25) is 5.91 Å². The Morgan fingerprint density at radius 1 is 1.53 bits per heavy atom. The van der Waals surface area contributed by atoms with E-state index in [1.54, 1.807) is 0 Å². The summed E-state index contributed by atoms with van der Waals surface area (Å²) in [5.41, 5.74) is 2.20. The van der Waals surface area contributed by atoms with Gasteiger partial charge in [-0.25, -0.2) is 0 Å². The molecular formula is C8H15N3O5S. The molecule has 17 heavy (non-hydrogen) atoms. The number of nitrogens with one attached hydrogen (secondary N) is 1. The standard InChI is InChI=1S/C8H15N3O5S/c1-10(2)17(14,15)11-5-6(8(13)16-3)4-7(12)9-11/h6H,4-5H2,1-3H3,(H,9,12).